The van der Waals surface area contributed by atoms with Crippen molar-refractivity contribution in [3.63, 3.8) is 0 Å². The third-order valence-electron chi connectivity index (χ3n) is 1.79. The molecule has 0 spiro atoms. The minimum atomic E-state index is -0.319. The molecule has 13 heavy (non-hydrogen) atoms. The van der Waals surface area contributed by atoms with Crippen molar-refractivity contribution in [2.45, 2.75) is 13.0 Å². The highest BCUT2D eigenvalue weighted by Crippen LogP contribution is 2.17. The van der Waals surface area contributed by atoms with Gasteiger partial charge in [-0.3, -0.25) is 0 Å². The fourth-order valence-electron chi connectivity index (χ4n) is 1.11. The lowest BCUT2D eigenvalue weighted by molar-refractivity contribution is 0.267. The van der Waals surface area contributed by atoms with Gasteiger partial charge in [0.25, 0.3) is 0 Å². The van der Waals surface area contributed by atoms with Gasteiger partial charge in [-0.15, -0.1) is 0 Å². The lowest BCUT2D eigenvalue weighted by Gasteiger charge is -2.10. The lowest BCUT2D eigenvalue weighted by atomic mass is 10.1. The van der Waals surface area contributed by atoms with Gasteiger partial charge in [-0.25, -0.2) is 0 Å². The molecule has 1 aromatic rings. The van der Waals surface area contributed by atoms with E-state index in [2.05, 4.69) is 0 Å². The van der Waals surface area contributed by atoms with Gasteiger partial charge in [-0.1, -0.05) is 12.1 Å². The van der Waals surface area contributed by atoms with Crippen LogP contribution < -0.4 is 10.5 Å². The molecule has 1 aromatic carbocycles. The monoisotopic (exact) mass is 181 g/mol. The Morgan fingerprint density at radius 2 is 2.31 bits per heavy atom. The standard InChI is InChI=1S/C10H15NO2/c1-2-13-9-5-3-4-8(6-9)10(11)7-12/h3-6,10,12H,2,7,11H2,1H3. The highest BCUT2D eigenvalue weighted by atomic mass is 16.5. The van der Waals surface area contributed by atoms with E-state index in [1.165, 1.54) is 0 Å². The second kappa shape index (κ2) is 4.84. The molecule has 0 heterocycles. The predicted octanol–water partition coefficient (Wildman–Crippen LogP) is 1.08. The van der Waals surface area contributed by atoms with E-state index in [0.717, 1.165) is 11.3 Å². The van der Waals surface area contributed by atoms with Crippen LogP contribution in [0.2, 0.25) is 0 Å². The number of hydrogen-bond acceptors (Lipinski definition) is 3. The number of nitrogens with two attached hydrogens (primary N) is 1. The zero-order valence-corrected chi connectivity index (χ0v) is 7.73. The summed E-state index contributed by atoms with van der Waals surface area (Å²) < 4.78 is 5.30. The minimum absolute atomic E-state index is 0.0461. The molecule has 3 N–H and O–H groups in total. The van der Waals surface area contributed by atoms with Crippen LogP contribution in [0.3, 0.4) is 0 Å². The van der Waals surface area contributed by atoms with E-state index in [1.807, 2.05) is 31.2 Å². The van der Waals surface area contributed by atoms with E-state index in [1.54, 1.807) is 0 Å². The second-order valence-corrected chi connectivity index (χ2v) is 2.79. The Morgan fingerprint density at radius 3 is 2.92 bits per heavy atom. The van der Waals surface area contributed by atoms with Gasteiger partial charge in [0, 0.05) is 0 Å². The van der Waals surface area contributed by atoms with Gasteiger partial charge in [0.1, 0.15) is 5.75 Å². The van der Waals surface area contributed by atoms with E-state index in [4.69, 9.17) is 15.6 Å². The lowest BCUT2D eigenvalue weighted by Crippen LogP contribution is -2.14. The van der Waals surface area contributed by atoms with Gasteiger partial charge in [0.15, 0.2) is 0 Å². The van der Waals surface area contributed by atoms with E-state index >= 15 is 0 Å². The maximum Gasteiger partial charge on any atom is 0.119 e. The fraction of sp³-hybridized carbons (Fsp3) is 0.400. The molecular weight excluding hydrogens is 166 g/mol. The Kier molecular flexibility index (Phi) is 3.73. The normalized spacial score (nSPS) is 12.5. The number of hydrogen-bond donors (Lipinski definition) is 2. The second-order valence-electron chi connectivity index (χ2n) is 2.79. The third kappa shape index (κ3) is 2.72. The molecule has 0 amide bonds. The molecule has 0 saturated carbocycles. The predicted molar refractivity (Wildman–Crippen MR) is 51.6 cm³/mol. The average molecular weight is 181 g/mol. The number of rotatable bonds is 4. The van der Waals surface area contributed by atoms with Gasteiger partial charge in [0.2, 0.25) is 0 Å². The van der Waals surface area contributed by atoms with Gasteiger partial charge in [0.05, 0.1) is 19.3 Å². The van der Waals surface area contributed by atoms with Crippen molar-refractivity contribution >= 4 is 0 Å². The number of aliphatic hydroxyl groups is 1. The van der Waals surface area contributed by atoms with Gasteiger partial charge >= 0.3 is 0 Å². The molecule has 1 unspecified atom stereocenters. The summed E-state index contributed by atoms with van der Waals surface area (Å²) in [5.41, 5.74) is 6.55. The summed E-state index contributed by atoms with van der Waals surface area (Å²) in [5, 5.41) is 8.84. The van der Waals surface area contributed by atoms with Crippen LogP contribution in [0.25, 0.3) is 0 Å². The molecule has 0 aliphatic carbocycles. The largest absolute Gasteiger partial charge is 0.494 e. The quantitative estimate of drug-likeness (QED) is 0.730. The fourth-order valence-corrected chi connectivity index (χ4v) is 1.11. The number of ether oxygens (including phenoxy) is 1. The molecule has 3 heteroatoms. The highest BCUT2D eigenvalue weighted by molar-refractivity contribution is 5.30. The molecule has 0 radical (unpaired) electrons. The van der Waals surface area contributed by atoms with Crippen molar-refractivity contribution in [2.24, 2.45) is 5.73 Å². The van der Waals surface area contributed by atoms with Crippen LogP contribution in [0.15, 0.2) is 24.3 Å². The maximum absolute atomic E-state index is 8.84. The van der Waals surface area contributed by atoms with E-state index in [9.17, 15) is 0 Å². The van der Waals surface area contributed by atoms with E-state index < -0.39 is 0 Å². The first-order chi connectivity index (χ1) is 6.27. The average Bonchev–Trinajstić information content (AvgIpc) is 2.18. The van der Waals surface area contributed by atoms with Crippen LogP contribution in [0.5, 0.6) is 5.75 Å². The van der Waals surface area contributed by atoms with Crippen molar-refractivity contribution in [3.05, 3.63) is 29.8 Å². The van der Waals surface area contributed by atoms with Gasteiger partial charge in [-0.2, -0.15) is 0 Å². The zero-order chi connectivity index (χ0) is 9.68. The van der Waals surface area contributed by atoms with Crippen molar-refractivity contribution in [1.82, 2.24) is 0 Å². The van der Waals surface area contributed by atoms with E-state index in [0.29, 0.717) is 6.61 Å². The summed E-state index contributed by atoms with van der Waals surface area (Å²) in [7, 11) is 0. The number of benzene rings is 1. The van der Waals surface area contributed by atoms with Crippen molar-refractivity contribution in [3.8, 4) is 5.75 Å². The molecule has 72 valence electrons. The first-order valence-corrected chi connectivity index (χ1v) is 4.37. The summed E-state index contributed by atoms with van der Waals surface area (Å²) in [4.78, 5) is 0. The van der Waals surface area contributed by atoms with Gasteiger partial charge < -0.3 is 15.6 Å². The van der Waals surface area contributed by atoms with Crippen LogP contribution in [0.4, 0.5) is 0 Å². The van der Waals surface area contributed by atoms with Crippen LogP contribution in [0.1, 0.15) is 18.5 Å². The maximum atomic E-state index is 8.84. The molecule has 0 aliphatic heterocycles. The van der Waals surface area contributed by atoms with Crippen molar-refractivity contribution in [2.75, 3.05) is 13.2 Å². The Bertz CT molecular complexity index is 263. The Hall–Kier alpha value is -1.06. The highest BCUT2D eigenvalue weighted by Gasteiger charge is 2.04. The molecule has 0 aliphatic rings. The molecule has 0 bridgehead atoms. The Morgan fingerprint density at radius 1 is 1.54 bits per heavy atom. The number of aliphatic hydroxyl groups excluding tert-OH is 1. The SMILES string of the molecule is CCOc1cccc(C(N)CO)c1. The molecule has 1 rings (SSSR count). The van der Waals surface area contributed by atoms with Crippen LogP contribution >= 0.6 is 0 Å². The smallest absolute Gasteiger partial charge is 0.119 e. The molecule has 0 saturated heterocycles. The van der Waals surface area contributed by atoms with Crippen LogP contribution in [0, 0.1) is 0 Å². The molecule has 0 fully saturated rings. The summed E-state index contributed by atoms with van der Waals surface area (Å²) in [6, 6.07) is 7.15. The first-order valence-electron chi connectivity index (χ1n) is 4.37. The molecule has 3 nitrogen and oxygen atoms in total. The first kappa shape index (κ1) is 10.0. The zero-order valence-electron chi connectivity index (χ0n) is 7.73. The summed E-state index contributed by atoms with van der Waals surface area (Å²) in [6.07, 6.45) is 0. The summed E-state index contributed by atoms with van der Waals surface area (Å²) >= 11 is 0. The summed E-state index contributed by atoms with van der Waals surface area (Å²) in [5.74, 6) is 0.795. The van der Waals surface area contributed by atoms with Crippen LogP contribution in [-0.2, 0) is 0 Å². The third-order valence-corrected chi connectivity index (χ3v) is 1.79. The van der Waals surface area contributed by atoms with Crippen LogP contribution in [-0.4, -0.2) is 18.3 Å². The topological polar surface area (TPSA) is 55.5 Å². The molecular formula is C10H15NO2. The minimum Gasteiger partial charge on any atom is -0.494 e. The van der Waals surface area contributed by atoms with Gasteiger partial charge in [-0.05, 0) is 24.6 Å². The summed E-state index contributed by atoms with van der Waals surface area (Å²) in [6.45, 7) is 2.52. The molecule has 0 aromatic heterocycles. The van der Waals surface area contributed by atoms with E-state index in [-0.39, 0.29) is 12.6 Å². The van der Waals surface area contributed by atoms with Crippen molar-refractivity contribution < 1.29 is 9.84 Å². The Labute approximate surface area is 78.1 Å². The van der Waals surface area contributed by atoms with Crippen molar-refractivity contribution in [1.29, 1.82) is 0 Å². The molecule has 1 atom stereocenters. The Balaban J connectivity index is 2.78.